The molecule has 3 aliphatic rings. The topological polar surface area (TPSA) is 159 Å². The Morgan fingerprint density at radius 3 is 2.23 bits per heavy atom. The number of aromatic nitrogens is 3. The highest BCUT2D eigenvalue weighted by Gasteiger charge is 2.55. The number of hydrogen-bond acceptors (Lipinski definition) is 12. The van der Waals surface area contributed by atoms with E-state index in [0.29, 0.717) is 70.1 Å². The molecule has 1 aromatic heterocycles. The normalized spacial score (nSPS) is 21.9. The number of Topliss-reactive ketones (excluding diaryl/α,β-unsaturated/α-hetero) is 1. The van der Waals surface area contributed by atoms with Crippen molar-refractivity contribution in [3.05, 3.63) is 25.3 Å². The SMILES string of the molecule is C=CCNc1nc(NCC=C)nc(N2CCN(C(=O)OCC(=O)OC3C(=O)C(C)(C)C(=O)N4CCCC34)CC2)n1. The van der Waals surface area contributed by atoms with Crippen molar-refractivity contribution < 1.29 is 28.7 Å². The first kappa shape index (κ1) is 28.8. The first-order chi connectivity index (χ1) is 19.1. The van der Waals surface area contributed by atoms with Gasteiger partial charge in [-0.1, -0.05) is 12.2 Å². The van der Waals surface area contributed by atoms with Crippen LogP contribution in [0, 0.1) is 5.41 Å². The molecule has 40 heavy (non-hydrogen) atoms. The van der Waals surface area contributed by atoms with Crippen LogP contribution in [0.4, 0.5) is 22.6 Å². The first-order valence-electron chi connectivity index (χ1n) is 13.3. The maximum Gasteiger partial charge on any atom is 0.410 e. The average molecular weight is 557 g/mol. The number of ketones is 1. The molecule has 1 aromatic rings. The lowest BCUT2D eigenvalue weighted by Gasteiger charge is -2.42. The molecule has 2 unspecified atom stereocenters. The third-order valence-corrected chi connectivity index (χ3v) is 7.14. The van der Waals surface area contributed by atoms with Crippen LogP contribution >= 0.6 is 0 Å². The molecule has 0 aromatic carbocycles. The molecule has 4 heterocycles. The number of fused-ring (bicyclic) bond motifs is 1. The number of ether oxygens (including phenoxy) is 2. The summed E-state index contributed by atoms with van der Waals surface area (Å²) in [5, 5.41) is 6.11. The Morgan fingerprint density at radius 2 is 1.62 bits per heavy atom. The number of piperazine rings is 1. The fourth-order valence-corrected chi connectivity index (χ4v) is 4.95. The lowest BCUT2D eigenvalue weighted by atomic mass is 9.77. The summed E-state index contributed by atoms with van der Waals surface area (Å²) in [4.78, 5) is 69.1. The highest BCUT2D eigenvalue weighted by molar-refractivity contribution is 6.10. The van der Waals surface area contributed by atoms with Crippen LogP contribution in [0.5, 0.6) is 0 Å². The predicted octanol–water partition coefficient (Wildman–Crippen LogP) is 0.838. The quantitative estimate of drug-likeness (QED) is 0.238. The van der Waals surface area contributed by atoms with Crippen molar-refractivity contribution in [2.45, 2.75) is 38.8 Å². The van der Waals surface area contributed by atoms with Gasteiger partial charge in [-0.2, -0.15) is 15.0 Å². The largest absolute Gasteiger partial charge is 0.450 e. The number of rotatable bonds is 10. The van der Waals surface area contributed by atoms with Crippen molar-refractivity contribution in [1.82, 2.24) is 24.8 Å². The average Bonchev–Trinajstić information content (AvgIpc) is 3.45. The van der Waals surface area contributed by atoms with Gasteiger partial charge in [-0.15, -0.1) is 13.2 Å². The number of hydrogen-bond donors (Lipinski definition) is 2. The Hall–Kier alpha value is -4.23. The summed E-state index contributed by atoms with van der Waals surface area (Å²) in [5.41, 5.74) is -1.27. The van der Waals surface area contributed by atoms with Gasteiger partial charge in [0.2, 0.25) is 23.8 Å². The molecule has 0 radical (unpaired) electrons. The van der Waals surface area contributed by atoms with Gasteiger partial charge in [0.15, 0.2) is 18.5 Å². The molecule has 3 fully saturated rings. The van der Waals surface area contributed by atoms with Gasteiger partial charge < -0.3 is 34.8 Å². The van der Waals surface area contributed by atoms with Crippen molar-refractivity contribution >= 4 is 41.6 Å². The summed E-state index contributed by atoms with van der Waals surface area (Å²) in [6, 6.07) is -0.476. The molecule has 3 saturated heterocycles. The molecule has 0 aliphatic carbocycles. The summed E-state index contributed by atoms with van der Waals surface area (Å²) >= 11 is 0. The van der Waals surface area contributed by atoms with Gasteiger partial charge in [-0.3, -0.25) is 9.59 Å². The van der Waals surface area contributed by atoms with Crippen molar-refractivity contribution in [2.24, 2.45) is 5.41 Å². The standard InChI is InChI=1S/C26H36N8O6/c1-5-9-27-22-29-23(28-10-6-2)31-24(30-22)32-12-14-33(15-13-32)25(38)39-16-18(35)40-19-17-8-7-11-34(17)21(37)26(3,4)20(19)36/h5-6,17,19H,1-2,7-16H2,3-4H3,(H2,27,28,29,30,31). The van der Waals surface area contributed by atoms with Crippen molar-refractivity contribution in [2.75, 3.05) is 68.0 Å². The number of piperidine rings is 1. The second-order valence-electron chi connectivity index (χ2n) is 10.3. The number of nitrogens with zero attached hydrogens (tertiary/aromatic N) is 6. The van der Waals surface area contributed by atoms with E-state index >= 15 is 0 Å². The third kappa shape index (κ3) is 6.15. The number of carbonyl (C=O) groups is 4. The van der Waals surface area contributed by atoms with Crippen LogP contribution in [0.15, 0.2) is 25.3 Å². The Kier molecular flexibility index (Phi) is 8.85. The van der Waals surface area contributed by atoms with Gasteiger partial charge >= 0.3 is 12.1 Å². The van der Waals surface area contributed by atoms with Crippen molar-refractivity contribution in [3.8, 4) is 0 Å². The van der Waals surface area contributed by atoms with E-state index < -0.39 is 42.0 Å². The lowest BCUT2D eigenvalue weighted by molar-refractivity contribution is -0.176. The zero-order valence-corrected chi connectivity index (χ0v) is 22.9. The van der Waals surface area contributed by atoms with E-state index in [1.54, 1.807) is 30.9 Å². The smallest absolute Gasteiger partial charge is 0.410 e. The molecule has 216 valence electrons. The molecule has 0 saturated carbocycles. The predicted molar refractivity (Wildman–Crippen MR) is 146 cm³/mol. The van der Waals surface area contributed by atoms with Crippen LogP contribution in [-0.4, -0.2) is 113 Å². The van der Waals surface area contributed by atoms with Gasteiger partial charge in [0.1, 0.15) is 5.41 Å². The van der Waals surface area contributed by atoms with Crippen LogP contribution < -0.4 is 15.5 Å². The van der Waals surface area contributed by atoms with E-state index in [4.69, 9.17) is 9.47 Å². The lowest BCUT2D eigenvalue weighted by Crippen LogP contribution is -2.62. The molecular weight excluding hydrogens is 520 g/mol. The van der Waals surface area contributed by atoms with E-state index in [1.165, 1.54) is 4.90 Å². The maximum absolute atomic E-state index is 12.9. The Labute approximate surface area is 232 Å². The summed E-state index contributed by atoms with van der Waals surface area (Å²) in [6.45, 7) is 12.8. The van der Waals surface area contributed by atoms with Gasteiger partial charge in [0.25, 0.3) is 0 Å². The van der Waals surface area contributed by atoms with Gasteiger partial charge in [-0.25, -0.2) is 9.59 Å². The number of nitrogens with one attached hydrogen (secondary N) is 2. The second-order valence-corrected chi connectivity index (χ2v) is 10.3. The molecular formula is C26H36N8O6. The van der Waals surface area contributed by atoms with Crippen molar-refractivity contribution in [1.29, 1.82) is 0 Å². The molecule has 14 nitrogen and oxygen atoms in total. The first-order valence-corrected chi connectivity index (χ1v) is 13.3. The Bertz CT molecular complexity index is 1140. The summed E-state index contributed by atoms with van der Waals surface area (Å²) in [7, 11) is 0. The van der Waals surface area contributed by atoms with Gasteiger partial charge in [-0.05, 0) is 26.7 Å². The van der Waals surface area contributed by atoms with Crippen LogP contribution in [-0.2, 0) is 23.9 Å². The summed E-state index contributed by atoms with van der Waals surface area (Å²) in [5.74, 6) is -0.275. The third-order valence-electron chi connectivity index (χ3n) is 7.14. The van der Waals surface area contributed by atoms with E-state index in [1.807, 2.05) is 4.90 Å². The van der Waals surface area contributed by atoms with Crippen LogP contribution in [0.1, 0.15) is 26.7 Å². The van der Waals surface area contributed by atoms with Crippen LogP contribution in [0.25, 0.3) is 0 Å². The minimum Gasteiger partial charge on any atom is -0.450 e. The van der Waals surface area contributed by atoms with E-state index in [2.05, 4.69) is 38.7 Å². The molecule has 14 heteroatoms. The summed E-state index contributed by atoms with van der Waals surface area (Å²) in [6.07, 6.45) is 2.97. The number of esters is 1. The Balaban J connectivity index is 1.29. The van der Waals surface area contributed by atoms with Gasteiger partial charge in [0, 0.05) is 45.8 Å². The highest BCUT2D eigenvalue weighted by atomic mass is 16.6. The number of anilines is 3. The molecule has 2 N–H and O–H groups in total. The fraction of sp³-hybridized carbons (Fsp3) is 0.577. The fourth-order valence-electron chi connectivity index (χ4n) is 4.95. The number of amides is 2. The zero-order valence-electron chi connectivity index (χ0n) is 22.9. The number of carbonyl (C=O) groups excluding carboxylic acids is 4. The Morgan fingerprint density at radius 1 is 1.00 bits per heavy atom. The molecule has 3 aliphatic heterocycles. The van der Waals surface area contributed by atoms with E-state index in [0.717, 1.165) is 6.42 Å². The maximum atomic E-state index is 12.9. The zero-order chi connectivity index (χ0) is 28.9. The van der Waals surface area contributed by atoms with E-state index in [-0.39, 0.29) is 5.91 Å². The van der Waals surface area contributed by atoms with Gasteiger partial charge in [0.05, 0.1) is 6.04 Å². The molecule has 0 spiro atoms. The molecule has 0 bridgehead atoms. The minimum atomic E-state index is -1.27. The monoisotopic (exact) mass is 556 g/mol. The minimum absolute atomic E-state index is 0.247. The second kappa shape index (κ2) is 12.3. The highest BCUT2D eigenvalue weighted by Crippen LogP contribution is 2.37. The van der Waals surface area contributed by atoms with Crippen LogP contribution in [0.3, 0.4) is 0 Å². The molecule has 2 atom stereocenters. The van der Waals surface area contributed by atoms with Crippen LogP contribution in [0.2, 0.25) is 0 Å². The van der Waals surface area contributed by atoms with Crippen molar-refractivity contribution in [3.63, 3.8) is 0 Å². The summed E-state index contributed by atoms with van der Waals surface area (Å²) < 4.78 is 10.7. The molecule has 2 amide bonds. The van der Waals surface area contributed by atoms with E-state index in [9.17, 15) is 19.2 Å². The molecule has 4 rings (SSSR count).